The normalized spacial score (nSPS) is 12.3. The van der Waals surface area contributed by atoms with Crippen LogP contribution in [-0.2, 0) is 0 Å². The minimum atomic E-state index is 0.0539. The van der Waals surface area contributed by atoms with Crippen molar-refractivity contribution in [3.8, 4) is 5.88 Å². The number of aromatic nitrogens is 1. The van der Waals surface area contributed by atoms with Crippen molar-refractivity contribution in [2.45, 2.75) is 6.04 Å². The summed E-state index contributed by atoms with van der Waals surface area (Å²) in [6.07, 6.45) is 1.75. The first kappa shape index (κ1) is 13.6. The minimum absolute atomic E-state index is 0.0539. The maximum Gasteiger partial charge on any atom is 0.218 e. The van der Waals surface area contributed by atoms with E-state index in [1.807, 2.05) is 19.2 Å². The van der Waals surface area contributed by atoms with Gasteiger partial charge in [-0.05, 0) is 35.5 Å². The van der Waals surface area contributed by atoms with Gasteiger partial charge in [0, 0.05) is 11.8 Å². The van der Waals surface area contributed by atoms with Gasteiger partial charge < -0.3 is 10.1 Å². The Morgan fingerprint density at radius 1 is 1.00 bits per heavy atom. The van der Waals surface area contributed by atoms with E-state index in [-0.39, 0.29) is 6.04 Å². The second-order valence-corrected chi connectivity index (χ2v) is 4.93. The third kappa shape index (κ3) is 2.60. The number of ether oxygens (including phenoxy) is 1. The highest BCUT2D eigenvalue weighted by atomic mass is 16.5. The minimum Gasteiger partial charge on any atom is -0.481 e. The Hall–Kier alpha value is -2.39. The van der Waals surface area contributed by atoms with E-state index in [1.165, 1.54) is 16.3 Å². The molecule has 1 heterocycles. The highest BCUT2D eigenvalue weighted by Gasteiger charge is 2.17. The van der Waals surface area contributed by atoms with Crippen LogP contribution in [0.15, 0.2) is 60.8 Å². The van der Waals surface area contributed by atoms with Crippen LogP contribution < -0.4 is 10.1 Å². The Morgan fingerprint density at radius 3 is 2.57 bits per heavy atom. The van der Waals surface area contributed by atoms with Crippen LogP contribution in [0.25, 0.3) is 10.8 Å². The molecule has 0 amide bonds. The molecule has 1 atom stereocenters. The summed E-state index contributed by atoms with van der Waals surface area (Å²) in [6, 6.07) is 18.9. The van der Waals surface area contributed by atoms with Gasteiger partial charge in [-0.1, -0.05) is 42.5 Å². The summed E-state index contributed by atoms with van der Waals surface area (Å²) in [5.41, 5.74) is 2.24. The molecule has 0 aliphatic carbocycles. The number of fused-ring (bicyclic) bond motifs is 1. The first-order valence-electron chi connectivity index (χ1n) is 6.98. The average molecular weight is 278 g/mol. The molecule has 0 aliphatic heterocycles. The maximum absolute atomic E-state index is 5.39. The fourth-order valence-electron chi connectivity index (χ4n) is 2.68. The van der Waals surface area contributed by atoms with Crippen LogP contribution in [0.1, 0.15) is 17.2 Å². The molecule has 106 valence electrons. The summed E-state index contributed by atoms with van der Waals surface area (Å²) in [4.78, 5) is 4.29. The van der Waals surface area contributed by atoms with Gasteiger partial charge >= 0.3 is 0 Å². The van der Waals surface area contributed by atoms with Crippen LogP contribution in [-0.4, -0.2) is 19.1 Å². The quantitative estimate of drug-likeness (QED) is 0.792. The zero-order valence-electron chi connectivity index (χ0n) is 12.2. The zero-order valence-corrected chi connectivity index (χ0v) is 12.2. The predicted octanol–water partition coefficient (Wildman–Crippen LogP) is 3.55. The molecule has 0 saturated carbocycles. The number of hydrogen-bond acceptors (Lipinski definition) is 3. The van der Waals surface area contributed by atoms with Crippen molar-refractivity contribution in [2.24, 2.45) is 0 Å². The molecule has 21 heavy (non-hydrogen) atoms. The van der Waals surface area contributed by atoms with Crippen LogP contribution >= 0.6 is 0 Å². The monoisotopic (exact) mass is 278 g/mol. The second kappa shape index (κ2) is 5.94. The van der Waals surface area contributed by atoms with Crippen LogP contribution in [0.5, 0.6) is 5.88 Å². The first-order chi connectivity index (χ1) is 10.3. The smallest absolute Gasteiger partial charge is 0.218 e. The average Bonchev–Trinajstić information content (AvgIpc) is 2.56. The molecule has 1 unspecified atom stereocenters. The van der Waals surface area contributed by atoms with Gasteiger partial charge in [0.1, 0.15) is 0 Å². The fourth-order valence-corrected chi connectivity index (χ4v) is 2.68. The van der Waals surface area contributed by atoms with Crippen molar-refractivity contribution >= 4 is 10.8 Å². The largest absolute Gasteiger partial charge is 0.481 e. The predicted molar refractivity (Wildman–Crippen MR) is 85.6 cm³/mol. The molecule has 0 radical (unpaired) electrons. The van der Waals surface area contributed by atoms with E-state index in [1.54, 1.807) is 13.3 Å². The lowest BCUT2D eigenvalue weighted by Gasteiger charge is -2.19. The highest BCUT2D eigenvalue weighted by Crippen LogP contribution is 2.29. The van der Waals surface area contributed by atoms with Gasteiger partial charge in [-0.25, -0.2) is 4.98 Å². The van der Waals surface area contributed by atoms with Crippen LogP contribution in [0.4, 0.5) is 0 Å². The Balaban J connectivity index is 2.09. The number of rotatable bonds is 4. The standard InChI is InChI=1S/C18H18N2O/c1-19-17(16-8-5-11-20-18(16)21-2)15-10-9-13-6-3-4-7-14(13)12-15/h3-12,17,19H,1-2H3. The van der Waals surface area contributed by atoms with Crippen molar-refractivity contribution < 1.29 is 4.74 Å². The van der Waals surface area contributed by atoms with Crippen LogP contribution in [0.3, 0.4) is 0 Å². The van der Waals surface area contributed by atoms with E-state index in [9.17, 15) is 0 Å². The molecule has 3 nitrogen and oxygen atoms in total. The van der Waals surface area contributed by atoms with Gasteiger partial charge in [0.15, 0.2) is 0 Å². The van der Waals surface area contributed by atoms with Crippen molar-refractivity contribution in [1.29, 1.82) is 0 Å². The van der Waals surface area contributed by atoms with Crippen LogP contribution in [0, 0.1) is 0 Å². The maximum atomic E-state index is 5.39. The van der Waals surface area contributed by atoms with Crippen molar-refractivity contribution in [3.05, 3.63) is 71.9 Å². The number of pyridine rings is 1. The zero-order chi connectivity index (χ0) is 14.7. The van der Waals surface area contributed by atoms with E-state index in [0.717, 1.165) is 5.56 Å². The van der Waals surface area contributed by atoms with Gasteiger partial charge in [-0.2, -0.15) is 0 Å². The summed E-state index contributed by atoms with van der Waals surface area (Å²) in [6.45, 7) is 0. The molecule has 0 bridgehead atoms. The molecule has 0 aliphatic rings. The van der Waals surface area contributed by atoms with E-state index >= 15 is 0 Å². The fraction of sp³-hybridized carbons (Fsp3) is 0.167. The molecule has 0 spiro atoms. The van der Waals surface area contributed by atoms with Gasteiger partial charge in [0.2, 0.25) is 5.88 Å². The summed E-state index contributed by atoms with van der Waals surface area (Å²) < 4.78 is 5.39. The van der Waals surface area contributed by atoms with Crippen molar-refractivity contribution in [1.82, 2.24) is 10.3 Å². The van der Waals surface area contributed by atoms with E-state index in [0.29, 0.717) is 5.88 Å². The number of benzene rings is 2. The molecular formula is C18H18N2O. The van der Waals surface area contributed by atoms with Gasteiger partial charge in [-0.3, -0.25) is 0 Å². The van der Waals surface area contributed by atoms with E-state index in [4.69, 9.17) is 4.74 Å². The number of methoxy groups -OCH3 is 1. The summed E-state index contributed by atoms with van der Waals surface area (Å²) in [5.74, 6) is 0.657. The SMILES string of the molecule is CNC(c1ccc2ccccc2c1)c1cccnc1OC. The molecular weight excluding hydrogens is 260 g/mol. The molecule has 1 N–H and O–H groups in total. The summed E-state index contributed by atoms with van der Waals surface area (Å²) in [7, 11) is 3.60. The lowest BCUT2D eigenvalue weighted by atomic mass is 9.97. The van der Waals surface area contributed by atoms with Gasteiger partial charge in [0.05, 0.1) is 13.2 Å². The molecule has 1 aromatic heterocycles. The van der Waals surface area contributed by atoms with Gasteiger partial charge in [-0.15, -0.1) is 0 Å². The lowest BCUT2D eigenvalue weighted by Crippen LogP contribution is -2.18. The highest BCUT2D eigenvalue weighted by molar-refractivity contribution is 5.83. The first-order valence-corrected chi connectivity index (χ1v) is 6.98. The third-order valence-electron chi connectivity index (χ3n) is 3.70. The van der Waals surface area contributed by atoms with Gasteiger partial charge in [0.25, 0.3) is 0 Å². The molecule has 3 heteroatoms. The van der Waals surface area contributed by atoms with Crippen LogP contribution in [0.2, 0.25) is 0 Å². The molecule has 3 rings (SSSR count). The topological polar surface area (TPSA) is 34.2 Å². The van der Waals surface area contributed by atoms with E-state index < -0.39 is 0 Å². The molecule has 3 aromatic rings. The Bertz CT molecular complexity index is 755. The number of hydrogen-bond donors (Lipinski definition) is 1. The Labute approximate surface area is 124 Å². The number of nitrogens with one attached hydrogen (secondary N) is 1. The third-order valence-corrected chi connectivity index (χ3v) is 3.70. The molecule has 2 aromatic carbocycles. The van der Waals surface area contributed by atoms with Crippen molar-refractivity contribution in [2.75, 3.05) is 14.2 Å². The Kier molecular flexibility index (Phi) is 3.84. The lowest BCUT2D eigenvalue weighted by molar-refractivity contribution is 0.388. The van der Waals surface area contributed by atoms with E-state index in [2.05, 4.69) is 52.8 Å². The summed E-state index contributed by atoms with van der Waals surface area (Å²) >= 11 is 0. The number of nitrogens with zero attached hydrogens (tertiary/aromatic N) is 1. The second-order valence-electron chi connectivity index (χ2n) is 4.93. The summed E-state index contributed by atoms with van der Waals surface area (Å²) in [5, 5.41) is 5.83. The molecule has 0 fully saturated rings. The Morgan fingerprint density at radius 2 is 1.81 bits per heavy atom. The molecule has 0 saturated heterocycles. The van der Waals surface area contributed by atoms with Crippen molar-refractivity contribution in [3.63, 3.8) is 0 Å².